The average Bonchev–Trinajstić information content (AvgIpc) is 2.32. The summed E-state index contributed by atoms with van der Waals surface area (Å²) >= 11 is 0. The van der Waals surface area contributed by atoms with Crippen molar-refractivity contribution in [2.45, 2.75) is 32.6 Å². The van der Waals surface area contributed by atoms with Crippen LogP contribution in [0.1, 0.15) is 32.6 Å². The minimum atomic E-state index is -0.714. The van der Waals surface area contributed by atoms with Crippen LogP contribution >= 0.6 is 0 Å². The first-order valence-electron chi connectivity index (χ1n) is 4.52. The standard InChI is InChI=1S/C9H17NO2/c1-7-3-2-4-9(7,6-10)5-8(11)12/h7H,2-6,10H2,1H3,(H,11,12)/t7-,9-/m0/s1. The Balaban J connectivity index is 2.67. The summed E-state index contributed by atoms with van der Waals surface area (Å²) in [6.45, 7) is 2.63. The van der Waals surface area contributed by atoms with E-state index in [0.717, 1.165) is 19.3 Å². The van der Waals surface area contributed by atoms with Gasteiger partial charge >= 0.3 is 5.97 Å². The lowest BCUT2D eigenvalue weighted by molar-refractivity contribution is -0.140. The van der Waals surface area contributed by atoms with E-state index in [2.05, 4.69) is 6.92 Å². The molecule has 3 N–H and O–H groups in total. The van der Waals surface area contributed by atoms with Gasteiger partial charge in [-0.3, -0.25) is 4.79 Å². The number of carbonyl (C=O) groups is 1. The van der Waals surface area contributed by atoms with Crippen molar-refractivity contribution in [1.29, 1.82) is 0 Å². The van der Waals surface area contributed by atoms with Gasteiger partial charge in [-0.2, -0.15) is 0 Å². The molecular weight excluding hydrogens is 154 g/mol. The Labute approximate surface area is 72.9 Å². The number of nitrogens with two attached hydrogens (primary N) is 1. The van der Waals surface area contributed by atoms with Gasteiger partial charge in [-0.05, 0) is 24.3 Å². The Bertz CT molecular complexity index is 181. The molecule has 3 nitrogen and oxygen atoms in total. The van der Waals surface area contributed by atoms with Crippen LogP contribution in [-0.4, -0.2) is 17.6 Å². The maximum atomic E-state index is 10.6. The Hall–Kier alpha value is -0.570. The molecule has 0 aromatic rings. The molecule has 1 rings (SSSR count). The Morgan fingerprint density at radius 3 is 2.75 bits per heavy atom. The molecular formula is C9H17NO2. The van der Waals surface area contributed by atoms with Gasteiger partial charge in [-0.15, -0.1) is 0 Å². The molecule has 0 heterocycles. The minimum absolute atomic E-state index is 0.105. The van der Waals surface area contributed by atoms with Gasteiger partial charge in [0.25, 0.3) is 0 Å². The van der Waals surface area contributed by atoms with Gasteiger partial charge < -0.3 is 10.8 Å². The zero-order valence-electron chi connectivity index (χ0n) is 7.55. The fraction of sp³-hybridized carbons (Fsp3) is 0.889. The second kappa shape index (κ2) is 3.44. The van der Waals surface area contributed by atoms with E-state index in [1.54, 1.807) is 0 Å². The van der Waals surface area contributed by atoms with Crippen molar-refractivity contribution in [3.05, 3.63) is 0 Å². The van der Waals surface area contributed by atoms with Crippen LogP contribution in [0.2, 0.25) is 0 Å². The van der Waals surface area contributed by atoms with E-state index in [0.29, 0.717) is 12.5 Å². The first-order chi connectivity index (χ1) is 5.60. The van der Waals surface area contributed by atoms with E-state index in [1.807, 2.05) is 0 Å². The first-order valence-corrected chi connectivity index (χ1v) is 4.52. The largest absolute Gasteiger partial charge is 0.481 e. The molecule has 3 heteroatoms. The lowest BCUT2D eigenvalue weighted by Gasteiger charge is -2.30. The molecule has 1 fully saturated rings. The van der Waals surface area contributed by atoms with Gasteiger partial charge in [-0.1, -0.05) is 19.8 Å². The molecule has 2 atom stereocenters. The molecule has 0 spiro atoms. The Morgan fingerprint density at radius 2 is 2.42 bits per heavy atom. The summed E-state index contributed by atoms with van der Waals surface area (Å²) in [6, 6.07) is 0. The third-order valence-corrected chi connectivity index (χ3v) is 3.27. The van der Waals surface area contributed by atoms with E-state index in [9.17, 15) is 4.79 Å². The second-order valence-electron chi connectivity index (χ2n) is 3.93. The van der Waals surface area contributed by atoms with E-state index in [4.69, 9.17) is 10.8 Å². The molecule has 12 heavy (non-hydrogen) atoms. The highest BCUT2D eigenvalue weighted by Gasteiger charge is 2.40. The monoisotopic (exact) mass is 171 g/mol. The highest BCUT2D eigenvalue weighted by Crippen LogP contribution is 2.44. The summed E-state index contributed by atoms with van der Waals surface area (Å²) in [5.74, 6) is -0.243. The predicted octanol–water partition coefficient (Wildman–Crippen LogP) is 1.23. The lowest BCUT2D eigenvalue weighted by atomic mass is 9.76. The summed E-state index contributed by atoms with van der Waals surface area (Å²) < 4.78 is 0. The van der Waals surface area contributed by atoms with Crippen LogP contribution in [0.4, 0.5) is 0 Å². The van der Waals surface area contributed by atoms with Crippen molar-refractivity contribution in [3.8, 4) is 0 Å². The SMILES string of the molecule is C[C@H]1CCC[C@@]1(CN)CC(=O)O. The van der Waals surface area contributed by atoms with Crippen molar-refractivity contribution < 1.29 is 9.90 Å². The van der Waals surface area contributed by atoms with Crippen LogP contribution in [0.5, 0.6) is 0 Å². The number of hydrogen-bond acceptors (Lipinski definition) is 2. The normalized spacial score (nSPS) is 35.3. The summed E-state index contributed by atoms with van der Waals surface area (Å²) in [5, 5.41) is 8.73. The minimum Gasteiger partial charge on any atom is -0.481 e. The van der Waals surface area contributed by atoms with Gasteiger partial charge in [0.2, 0.25) is 0 Å². The van der Waals surface area contributed by atoms with Crippen molar-refractivity contribution in [2.75, 3.05) is 6.54 Å². The molecule has 0 amide bonds. The van der Waals surface area contributed by atoms with Crippen LogP contribution in [-0.2, 0) is 4.79 Å². The topological polar surface area (TPSA) is 63.3 Å². The molecule has 1 aliphatic rings. The zero-order valence-corrected chi connectivity index (χ0v) is 7.55. The van der Waals surface area contributed by atoms with Crippen LogP contribution in [0.3, 0.4) is 0 Å². The van der Waals surface area contributed by atoms with E-state index in [1.165, 1.54) is 0 Å². The number of hydrogen-bond donors (Lipinski definition) is 2. The molecule has 0 bridgehead atoms. The van der Waals surface area contributed by atoms with Crippen molar-refractivity contribution in [2.24, 2.45) is 17.1 Å². The smallest absolute Gasteiger partial charge is 0.303 e. The van der Waals surface area contributed by atoms with E-state index in [-0.39, 0.29) is 11.8 Å². The van der Waals surface area contributed by atoms with Gasteiger partial charge in [0.15, 0.2) is 0 Å². The molecule has 0 radical (unpaired) electrons. The second-order valence-corrected chi connectivity index (χ2v) is 3.93. The Kier molecular flexibility index (Phi) is 2.73. The molecule has 0 saturated heterocycles. The quantitative estimate of drug-likeness (QED) is 0.671. The maximum Gasteiger partial charge on any atom is 0.303 e. The molecule has 70 valence electrons. The van der Waals surface area contributed by atoms with Crippen molar-refractivity contribution in [1.82, 2.24) is 0 Å². The first kappa shape index (κ1) is 9.52. The average molecular weight is 171 g/mol. The fourth-order valence-corrected chi connectivity index (χ4v) is 2.25. The van der Waals surface area contributed by atoms with E-state index < -0.39 is 5.97 Å². The van der Waals surface area contributed by atoms with Gasteiger partial charge in [-0.25, -0.2) is 0 Å². The number of rotatable bonds is 3. The molecule has 1 saturated carbocycles. The predicted molar refractivity (Wildman–Crippen MR) is 46.8 cm³/mol. The summed E-state index contributed by atoms with van der Waals surface area (Å²) in [5.41, 5.74) is 5.54. The molecule has 0 aliphatic heterocycles. The summed E-state index contributed by atoms with van der Waals surface area (Å²) in [7, 11) is 0. The van der Waals surface area contributed by atoms with Crippen LogP contribution in [0.25, 0.3) is 0 Å². The highest BCUT2D eigenvalue weighted by atomic mass is 16.4. The maximum absolute atomic E-state index is 10.6. The molecule has 0 aromatic carbocycles. The van der Waals surface area contributed by atoms with E-state index >= 15 is 0 Å². The summed E-state index contributed by atoms with van der Waals surface area (Å²) in [6.07, 6.45) is 3.48. The number of carboxylic acid groups (broad SMARTS) is 1. The Morgan fingerprint density at radius 1 is 1.75 bits per heavy atom. The lowest BCUT2D eigenvalue weighted by Crippen LogP contribution is -2.35. The third-order valence-electron chi connectivity index (χ3n) is 3.27. The molecule has 0 aromatic heterocycles. The summed E-state index contributed by atoms with van der Waals surface area (Å²) in [4.78, 5) is 10.6. The van der Waals surface area contributed by atoms with Crippen LogP contribution < -0.4 is 5.73 Å². The molecule has 1 aliphatic carbocycles. The van der Waals surface area contributed by atoms with Crippen molar-refractivity contribution in [3.63, 3.8) is 0 Å². The highest BCUT2D eigenvalue weighted by molar-refractivity contribution is 5.67. The van der Waals surface area contributed by atoms with Gasteiger partial charge in [0.05, 0.1) is 6.42 Å². The number of aliphatic carboxylic acids is 1. The third kappa shape index (κ3) is 1.61. The van der Waals surface area contributed by atoms with Crippen molar-refractivity contribution >= 4 is 5.97 Å². The fourth-order valence-electron chi connectivity index (χ4n) is 2.25. The van der Waals surface area contributed by atoms with Crippen LogP contribution in [0, 0.1) is 11.3 Å². The number of carboxylic acids is 1. The van der Waals surface area contributed by atoms with Gasteiger partial charge in [0.1, 0.15) is 0 Å². The zero-order chi connectivity index (χ0) is 9.19. The molecule has 0 unspecified atom stereocenters. The van der Waals surface area contributed by atoms with Crippen LogP contribution in [0.15, 0.2) is 0 Å². The van der Waals surface area contributed by atoms with Gasteiger partial charge in [0, 0.05) is 0 Å².